The molecule has 0 bridgehead atoms. The van der Waals surface area contributed by atoms with Crippen LogP contribution >= 0.6 is 0 Å². The zero-order valence-corrected chi connectivity index (χ0v) is 13.7. The average molecular weight is 319 g/mol. The van der Waals surface area contributed by atoms with Crippen molar-refractivity contribution in [3.05, 3.63) is 22.7 Å². The molecule has 0 unspecified atom stereocenters. The number of aromatic nitrogens is 3. The van der Waals surface area contributed by atoms with Gasteiger partial charge in [0.15, 0.2) is 5.65 Å². The first-order chi connectivity index (χ1) is 10.7. The van der Waals surface area contributed by atoms with E-state index in [1.54, 1.807) is 13.2 Å². The third-order valence-corrected chi connectivity index (χ3v) is 3.70. The fourth-order valence-corrected chi connectivity index (χ4v) is 2.56. The number of hydrogen-bond donors (Lipinski definition) is 2. The van der Waals surface area contributed by atoms with Gasteiger partial charge in [0.2, 0.25) is 0 Å². The normalized spacial score (nSPS) is 15.6. The van der Waals surface area contributed by atoms with E-state index in [1.165, 1.54) is 4.57 Å². The lowest BCUT2D eigenvalue weighted by atomic mass is 10.1. The van der Waals surface area contributed by atoms with Crippen LogP contribution in [0.4, 0.5) is 10.5 Å². The van der Waals surface area contributed by atoms with Gasteiger partial charge in [-0.15, -0.1) is 0 Å². The summed E-state index contributed by atoms with van der Waals surface area (Å²) in [5.41, 5.74) is 1.70. The SMILES string of the molecule is Cn1c(=O)[nH]c2c(N3CC(OC(=O)NC(C)(C)C)C3)ccnc21. The fraction of sp³-hybridized carbons (Fsp3) is 0.533. The van der Waals surface area contributed by atoms with Crippen LogP contribution in [0.2, 0.25) is 0 Å². The number of aryl methyl sites for hydroxylation is 1. The number of anilines is 1. The van der Waals surface area contributed by atoms with Crippen molar-refractivity contribution in [2.24, 2.45) is 7.05 Å². The molecule has 124 valence electrons. The highest BCUT2D eigenvalue weighted by Crippen LogP contribution is 2.27. The Labute approximate surface area is 133 Å². The summed E-state index contributed by atoms with van der Waals surface area (Å²) in [6.07, 6.45) is 1.11. The molecule has 3 rings (SSSR count). The van der Waals surface area contributed by atoms with Gasteiger partial charge in [-0.2, -0.15) is 0 Å². The van der Waals surface area contributed by atoms with E-state index >= 15 is 0 Å². The zero-order chi connectivity index (χ0) is 16.8. The Kier molecular flexibility index (Phi) is 3.54. The van der Waals surface area contributed by atoms with Crippen LogP contribution in [0.1, 0.15) is 20.8 Å². The highest BCUT2D eigenvalue weighted by molar-refractivity contribution is 5.86. The maximum absolute atomic E-state index is 11.8. The van der Waals surface area contributed by atoms with E-state index in [1.807, 2.05) is 26.8 Å². The quantitative estimate of drug-likeness (QED) is 0.860. The summed E-state index contributed by atoms with van der Waals surface area (Å²) in [6.45, 7) is 6.89. The van der Waals surface area contributed by atoms with Crippen LogP contribution in [0, 0.1) is 0 Å². The molecule has 23 heavy (non-hydrogen) atoms. The van der Waals surface area contributed by atoms with Crippen LogP contribution in [0.3, 0.4) is 0 Å². The second-order valence-electron chi connectivity index (χ2n) is 6.83. The maximum atomic E-state index is 11.8. The summed E-state index contributed by atoms with van der Waals surface area (Å²) < 4.78 is 6.85. The first-order valence-corrected chi connectivity index (χ1v) is 7.52. The molecule has 0 atom stereocenters. The van der Waals surface area contributed by atoms with Gasteiger partial charge in [0.25, 0.3) is 0 Å². The highest BCUT2D eigenvalue weighted by atomic mass is 16.6. The molecule has 1 aliphatic heterocycles. The number of alkyl carbamates (subject to hydrolysis) is 1. The number of carbonyl (C=O) groups is 1. The number of rotatable bonds is 2. The Bertz CT molecular complexity index is 796. The molecule has 0 aliphatic carbocycles. The fourth-order valence-electron chi connectivity index (χ4n) is 2.56. The van der Waals surface area contributed by atoms with Crippen LogP contribution in [-0.4, -0.2) is 45.4 Å². The lowest BCUT2D eigenvalue weighted by Crippen LogP contribution is -2.55. The van der Waals surface area contributed by atoms with Gasteiger partial charge in [-0.25, -0.2) is 14.6 Å². The molecular formula is C15H21N5O3. The van der Waals surface area contributed by atoms with Crippen LogP contribution in [-0.2, 0) is 11.8 Å². The van der Waals surface area contributed by atoms with Gasteiger partial charge in [0, 0.05) is 18.8 Å². The van der Waals surface area contributed by atoms with Crippen LogP contribution in [0.25, 0.3) is 11.2 Å². The Hall–Kier alpha value is -2.51. The summed E-state index contributed by atoms with van der Waals surface area (Å²) >= 11 is 0. The first-order valence-electron chi connectivity index (χ1n) is 7.52. The summed E-state index contributed by atoms with van der Waals surface area (Å²) in [5, 5.41) is 2.77. The van der Waals surface area contributed by atoms with Crippen molar-refractivity contribution in [1.82, 2.24) is 19.9 Å². The minimum Gasteiger partial charge on any atom is -0.442 e. The molecule has 3 heterocycles. The van der Waals surface area contributed by atoms with Gasteiger partial charge in [0.05, 0.1) is 18.8 Å². The second-order valence-corrected chi connectivity index (χ2v) is 6.83. The van der Waals surface area contributed by atoms with E-state index in [4.69, 9.17) is 4.74 Å². The van der Waals surface area contributed by atoms with Gasteiger partial charge in [0.1, 0.15) is 11.6 Å². The summed E-state index contributed by atoms with van der Waals surface area (Å²) in [6, 6.07) is 1.85. The Morgan fingerprint density at radius 1 is 1.43 bits per heavy atom. The molecule has 0 spiro atoms. The number of aromatic amines is 1. The van der Waals surface area contributed by atoms with E-state index in [0.29, 0.717) is 24.3 Å². The third-order valence-electron chi connectivity index (χ3n) is 3.70. The average Bonchev–Trinajstić information content (AvgIpc) is 2.68. The molecule has 2 aromatic rings. The molecule has 8 heteroatoms. The van der Waals surface area contributed by atoms with Crippen molar-refractivity contribution in [2.75, 3.05) is 18.0 Å². The number of nitrogens with zero attached hydrogens (tertiary/aromatic N) is 3. The van der Waals surface area contributed by atoms with Crippen molar-refractivity contribution in [2.45, 2.75) is 32.4 Å². The number of pyridine rings is 1. The molecule has 0 saturated carbocycles. The van der Waals surface area contributed by atoms with Crippen molar-refractivity contribution >= 4 is 22.9 Å². The number of carbonyl (C=O) groups excluding carboxylic acids is 1. The third kappa shape index (κ3) is 3.01. The van der Waals surface area contributed by atoms with Gasteiger partial charge < -0.3 is 19.9 Å². The lowest BCUT2D eigenvalue weighted by molar-refractivity contribution is 0.0757. The summed E-state index contributed by atoms with van der Waals surface area (Å²) in [5.74, 6) is 0. The van der Waals surface area contributed by atoms with Gasteiger partial charge in [-0.05, 0) is 26.8 Å². The molecule has 1 saturated heterocycles. The first kappa shape index (κ1) is 15.4. The molecular weight excluding hydrogens is 298 g/mol. The van der Waals surface area contributed by atoms with Crippen LogP contribution < -0.4 is 15.9 Å². The monoisotopic (exact) mass is 319 g/mol. The van der Waals surface area contributed by atoms with E-state index in [-0.39, 0.29) is 17.3 Å². The van der Waals surface area contributed by atoms with E-state index in [0.717, 1.165) is 5.69 Å². The minimum atomic E-state index is -0.407. The van der Waals surface area contributed by atoms with Gasteiger partial charge in [-0.1, -0.05) is 0 Å². The van der Waals surface area contributed by atoms with Crippen molar-refractivity contribution < 1.29 is 9.53 Å². The molecule has 0 aromatic carbocycles. The predicted molar refractivity (Wildman–Crippen MR) is 86.7 cm³/mol. The maximum Gasteiger partial charge on any atom is 0.407 e. The standard InChI is InChI=1S/C15H21N5O3/c1-15(2,3)18-14(22)23-9-7-20(8-9)10-5-6-16-12-11(10)17-13(21)19(12)4/h5-6,9H,7-8H2,1-4H3,(H,17,21)(H,18,22). The molecule has 2 N–H and O–H groups in total. The number of ether oxygens (including phenoxy) is 1. The zero-order valence-electron chi connectivity index (χ0n) is 13.7. The topological polar surface area (TPSA) is 92.3 Å². The van der Waals surface area contributed by atoms with E-state index < -0.39 is 6.09 Å². The number of H-pyrrole nitrogens is 1. The number of hydrogen-bond acceptors (Lipinski definition) is 5. The lowest BCUT2D eigenvalue weighted by Gasteiger charge is -2.40. The number of fused-ring (bicyclic) bond motifs is 1. The predicted octanol–water partition coefficient (Wildman–Crippen LogP) is 0.975. The summed E-state index contributed by atoms with van der Waals surface area (Å²) in [7, 11) is 1.68. The molecule has 2 aromatic heterocycles. The Morgan fingerprint density at radius 2 is 2.13 bits per heavy atom. The van der Waals surface area contributed by atoms with Crippen LogP contribution in [0.15, 0.2) is 17.1 Å². The molecule has 8 nitrogen and oxygen atoms in total. The number of imidazole rings is 1. The molecule has 1 aliphatic rings. The van der Waals surface area contributed by atoms with Crippen molar-refractivity contribution in [3.8, 4) is 0 Å². The van der Waals surface area contributed by atoms with E-state index in [2.05, 4.69) is 20.2 Å². The van der Waals surface area contributed by atoms with Crippen molar-refractivity contribution in [1.29, 1.82) is 0 Å². The van der Waals surface area contributed by atoms with Crippen LogP contribution in [0.5, 0.6) is 0 Å². The second kappa shape index (κ2) is 5.29. The Morgan fingerprint density at radius 3 is 2.78 bits per heavy atom. The van der Waals surface area contributed by atoms with Crippen molar-refractivity contribution in [3.63, 3.8) is 0 Å². The molecule has 0 radical (unpaired) electrons. The Balaban J connectivity index is 1.67. The minimum absolute atomic E-state index is 0.156. The van der Waals surface area contributed by atoms with Gasteiger partial charge in [-0.3, -0.25) is 4.57 Å². The summed E-state index contributed by atoms with van der Waals surface area (Å²) in [4.78, 5) is 32.6. The van der Waals surface area contributed by atoms with Gasteiger partial charge >= 0.3 is 11.8 Å². The molecule has 1 amide bonds. The molecule has 1 fully saturated rings. The van der Waals surface area contributed by atoms with E-state index in [9.17, 15) is 9.59 Å². The smallest absolute Gasteiger partial charge is 0.407 e. The highest BCUT2D eigenvalue weighted by Gasteiger charge is 2.32. The number of amides is 1. The number of nitrogens with one attached hydrogen (secondary N) is 2. The largest absolute Gasteiger partial charge is 0.442 e.